The average Bonchev–Trinajstić information content (AvgIpc) is 3.19. The van der Waals surface area contributed by atoms with Crippen LogP contribution < -0.4 is 5.32 Å². The Morgan fingerprint density at radius 2 is 2.12 bits per heavy atom. The van der Waals surface area contributed by atoms with Gasteiger partial charge in [-0.15, -0.1) is 10.2 Å². The number of hydrogen-bond acceptors (Lipinski definition) is 5. The largest absolute Gasteiger partial charge is 0.469 e. The Morgan fingerprint density at radius 1 is 1.31 bits per heavy atom. The van der Waals surface area contributed by atoms with Crippen LogP contribution in [0.25, 0.3) is 11.4 Å². The molecule has 8 heteroatoms. The maximum Gasteiger partial charge on any atom is 0.230 e. The van der Waals surface area contributed by atoms with Crippen molar-refractivity contribution in [2.24, 2.45) is 7.05 Å². The van der Waals surface area contributed by atoms with Gasteiger partial charge in [-0.25, -0.2) is 4.39 Å². The van der Waals surface area contributed by atoms with Gasteiger partial charge in [0.15, 0.2) is 11.0 Å². The molecule has 6 nitrogen and oxygen atoms in total. The number of aromatic nitrogens is 3. The first kappa shape index (κ1) is 18.2. The minimum atomic E-state index is -0.249. The smallest absolute Gasteiger partial charge is 0.230 e. The highest BCUT2D eigenvalue weighted by Gasteiger charge is 2.15. The molecular formula is C18H19FN4O2S. The Hall–Kier alpha value is -2.61. The van der Waals surface area contributed by atoms with Crippen molar-refractivity contribution < 1.29 is 13.6 Å². The van der Waals surface area contributed by atoms with Gasteiger partial charge in [-0.3, -0.25) is 4.79 Å². The number of aryl methyl sites for hydroxylation is 2. The summed E-state index contributed by atoms with van der Waals surface area (Å²) in [7, 11) is 1.85. The quantitative estimate of drug-likeness (QED) is 0.671. The van der Waals surface area contributed by atoms with Crippen molar-refractivity contribution in [1.82, 2.24) is 20.1 Å². The third kappa shape index (κ3) is 3.96. The van der Waals surface area contributed by atoms with E-state index in [1.807, 2.05) is 24.6 Å². The van der Waals surface area contributed by atoms with Gasteiger partial charge in [-0.1, -0.05) is 23.9 Å². The van der Waals surface area contributed by atoms with Gasteiger partial charge in [-0.2, -0.15) is 0 Å². The molecule has 136 valence electrons. The molecule has 0 fully saturated rings. The molecule has 0 atom stereocenters. The fraction of sp³-hybridized carbons (Fsp3) is 0.278. The number of rotatable bonds is 6. The third-order valence-corrected chi connectivity index (χ3v) is 5.00. The lowest BCUT2D eigenvalue weighted by Crippen LogP contribution is -2.24. The number of amides is 1. The molecule has 26 heavy (non-hydrogen) atoms. The number of halogens is 1. The predicted octanol–water partition coefficient (Wildman–Crippen LogP) is 3.24. The number of nitrogens with zero attached hydrogens (tertiary/aromatic N) is 3. The summed E-state index contributed by atoms with van der Waals surface area (Å²) in [6, 6.07) is 6.64. The maximum atomic E-state index is 13.3. The number of thioether (sulfide) groups is 1. The Balaban J connectivity index is 1.56. The normalized spacial score (nSPS) is 10.9. The van der Waals surface area contributed by atoms with Gasteiger partial charge in [0.05, 0.1) is 17.6 Å². The molecule has 0 saturated heterocycles. The molecule has 3 rings (SSSR count). The molecule has 0 aliphatic carbocycles. The summed E-state index contributed by atoms with van der Waals surface area (Å²) in [4.78, 5) is 12.1. The molecular weight excluding hydrogens is 355 g/mol. The molecule has 0 aliphatic heterocycles. The van der Waals surface area contributed by atoms with Gasteiger partial charge in [0.1, 0.15) is 11.6 Å². The molecule has 1 amide bonds. The summed E-state index contributed by atoms with van der Waals surface area (Å²) < 4.78 is 20.4. The van der Waals surface area contributed by atoms with Crippen LogP contribution in [0, 0.1) is 19.7 Å². The SMILES string of the molecule is Cc1cc(CNC(=O)CSc2nnc(-c3ccoc3C)n2C)ccc1F. The fourth-order valence-electron chi connectivity index (χ4n) is 2.49. The van der Waals surface area contributed by atoms with Gasteiger partial charge in [0.25, 0.3) is 0 Å². The summed E-state index contributed by atoms with van der Waals surface area (Å²) in [6.07, 6.45) is 1.61. The zero-order chi connectivity index (χ0) is 18.7. The van der Waals surface area contributed by atoms with E-state index >= 15 is 0 Å². The lowest BCUT2D eigenvalue weighted by atomic mass is 10.1. The van der Waals surface area contributed by atoms with Crippen LogP contribution in [0.2, 0.25) is 0 Å². The van der Waals surface area contributed by atoms with Crippen molar-refractivity contribution in [2.75, 3.05) is 5.75 Å². The van der Waals surface area contributed by atoms with Crippen molar-refractivity contribution in [2.45, 2.75) is 25.5 Å². The van der Waals surface area contributed by atoms with Gasteiger partial charge in [0, 0.05) is 13.6 Å². The highest BCUT2D eigenvalue weighted by Crippen LogP contribution is 2.25. The topological polar surface area (TPSA) is 73.0 Å². The van der Waals surface area contributed by atoms with Crippen LogP contribution in [-0.2, 0) is 18.4 Å². The summed E-state index contributed by atoms with van der Waals surface area (Å²) in [5.74, 6) is 1.31. The molecule has 1 N–H and O–H groups in total. The molecule has 1 aromatic carbocycles. The van der Waals surface area contributed by atoms with Crippen LogP contribution in [0.5, 0.6) is 0 Å². The zero-order valence-electron chi connectivity index (χ0n) is 14.7. The van der Waals surface area contributed by atoms with E-state index in [-0.39, 0.29) is 17.5 Å². The third-order valence-electron chi connectivity index (χ3n) is 3.98. The maximum absolute atomic E-state index is 13.3. The van der Waals surface area contributed by atoms with E-state index in [1.54, 1.807) is 25.3 Å². The van der Waals surface area contributed by atoms with Crippen molar-refractivity contribution >= 4 is 17.7 Å². The number of nitrogens with one attached hydrogen (secondary N) is 1. The molecule has 0 radical (unpaired) electrons. The van der Waals surface area contributed by atoms with Crippen LogP contribution in [0.15, 0.2) is 40.1 Å². The summed E-state index contributed by atoms with van der Waals surface area (Å²) in [6.45, 7) is 3.92. The van der Waals surface area contributed by atoms with Crippen molar-refractivity contribution in [3.05, 3.63) is 53.2 Å². The Kier molecular flexibility index (Phi) is 5.41. The van der Waals surface area contributed by atoms with E-state index in [4.69, 9.17) is 4.42 Å². The van der Waals surface area contributed by atoms with Crippen molar-refractivity contribution in [3.63, 3.8) is 0 Å². The lowest BCUT2D eigenvalue weighted by Gasteiger charge is -2.07. The summed E-state index contributed by atoms with van der Waals surface area (Å²) in [5, 5.41) is 11.8. The molecule has 0 saturated carbocycles. The zero-order valence-corrected chi connectivity index (χ0v) is 15.6. The van der Waals surface area contributed by atoms with Gasteiger partial charge in [-0.05, 0) is 37.1 Å². The van der Waals surface area contributed by atoms with E-state index < -0.39 is 0 Å². The molecule has 2 heterocycles. The minimum Gasteiger partial charge on any atom is -0.469 e. The van der Waals surface area contributed by atoms with Gasteiger partial charge in [0.2, 0.25) is 5.91 Å². The first-order valence-electron chi connectivity index (χ1n) is 8.04. The fourth-order valence-corrected chi connectivity index (χ4v) is 3.23. The minimum absolute atomic E-state index is 0.124. The van der Waals surface area contributed by atoms with Crippen LogP contribution in [-0.4, -0.2) is 26.4 Å². The highest BCUT2D eigenvalue weighted by molar-refractivity contribution is 7.99. The van der Waals surface area contributed by atoms with Crippen LogP contribution in [0.3, 0.4) is 0 Å². The van der Waals surface area contributed by atoms with E-state index in [1.165, 1.54) is 17.8 Å². The van der Waals surface area contributed by atoms with Crippen LogP contribution >= 0.6 is 11.8 Å². The molecule has 2 aromatic heterocycles. The molecule has 0 aliphatic rings. The lowest BCUT2D eigenvalue weighted by molar-refractivity contribution is -0.118. The van der Waals surface area contributed by atoms with Crippen LogP contribution in [0.4, 0.5) is 4.39 Å². The second kappa shape index (κ2) is 7.74. The van der Waals surface area contributed by atoms with E-state index in [9.17, 15) is 9.18 Å². The first-order chi connectivity index (χ1) is 12.5. The number of furan rings is 1. The first-order valence-corrected chi connectivity index (χ1v) is 9.02. The second-order valence-electron chi connectivity index (χ2n) is 5.90. The van der Waals surface area contributed by atoms with Gasteiger partial charge >= 0.3 is 0 Å². The second-order valence-corrected chi connectivity index (χ2v) is 6.85. The summed E-state index contributed by atoms with van der Waals surface area (Å²) in [5.41, 5.74) is 2.30. The Morgan fingerprint density at radius 3 is 2.81 bits per heavy atom. The van der Waals surface area contributed by atoms with E-state index in [0.717, 1.165) is 16.9 Å². The summed E-state index contributed by atoms with van der Waals surface area (Å²) >= 11 is 1.31. The van der Waals surface area contributed by atoms with Gasteiger partial charge < -0.3 is 14.3 Å². The number of benzene rings is 1. The number of carbonyl (C=O) groups excluding carboxylic acids is 1. The Bertz CT molecular complexity index is 935. The van der Waals surface area contributed by atoms with Crippen LogP contribution in [0.1, 0.15) is 16.9 Å². The number of carbonyl (C=O) groups is 1. The monoisotopic (exact) mass is 374 g/mol. The predicted molar refractivity (Wildman–Crippen MR) is 97.1 cm³/mol. The van der Waals surface area contributed by atoms with E-state index in [2.05, 4.69) is 15.5 Å². The molecule has 0 bridgehead atoms. The highest BCUT2D eigenvalue weighted by atomic mass is 32.2. The standard InChI is InChI=1S/C18H19FN4O2S/c1-11-8-13(4-5-15(11)19)9-20-16(24)10-26-18-22-21-17(23(18)3)14-6-7-25-12(14)2/h4-8H,9-10H2,1-3H3,(H,20,24). The number of hydrogen-bond donors (Lipinski definition) is 1. The Labute approximate surface area is 154 Å². The average molecular weight is 374 g/mol. The van der Waals surface area contributed by atoms with E-state index in [0.29, 0.717) is 23.1 Å². The molecule has 3 aromatic rings. The van der Waals surface area contributed by atoms with Crippen molar-refractivity contribution in [3.8, 4) is 11.4 Å². The van der Waals surface area contributed by atoms with Crippen molar-refractivity contribution in [1.29, 1.82) is 0 Å². The molecule has 0 unspecified atom stereocenters. The molecule has 0 spiro atoms.